The Morgan fingerprint density at radius 2 is 2.31 bits per heavy atom. The fraction of sp³-hybridized carbons (Fsp3) is 0.727. The van der Waals surface area contributed by atoms with E-state index < -0.39 is 0 Å². The van der Waals surface area contributed by atoms with Crippen molar-refractivity contribution < 1.29 is 4.74 Å². The second-order valence-corrected chi connectivity index (χ2v) is 5.23. The molecule has 1 aromatic heterocycles. The molecule has 1 aliphatic heterocycles. The zero-order valence-electron chi connectivity index (χ0n) is 9.59. The van der Waals surface area contributed by atoms with Gasteiger partial charge in [0.15, 0.2) is 0 Å². The molecule has 1 fully saturated rings. The smallest absolute Gasteiger partial charge is 0.0847 e. The van der Waals surface area contributed by atoms with Gasteiger partial charge in [-0.25, -0.2) is 0 Å². The van der Waals surface area contributed by atoms with Crippen LogP contribution in [0.15, 0.2) is 0 Å². The first-order chi connectivity index (χ1) is 7.58. The minimum absolute atomic E-state index is 0.0332. The number of alkyl halides is 1. The van der Waals surface area contributed by atoms with Gasteiger partial charge in [0, 0.05) is 24.9 Å². The summed E-state index contributed by atoms with van der Waals surface area (Å²) in [6.07, 6.45) is 1.84. The van der Waals surface area contributed by atoms with Crippen LogP contribution in [0.1, 0.15) is 17.8 Å². The minimum Gasteiger partial charge on any atom is -0.381 e. The van der Waals surface area contributed by atoms with Crippen molar-refractivity contribution in [2.75, 3.05) is 19.1 Å². The van der Waals surface area contributed by atoms with Crippen LogP contribution in [0.25, 0.3) is 0 Å². The molecule has 1 aliphatic rings. The second-order valence-electron chi connectivity index (χ2n) is 4.58. The quantitative estimate of drug-likeness (QED) is 0.784. The molecule has 2 rings (SSSR count). The molecule has 0 spiro atoms. The van der Waals surface area contributed by atoms with E-state index in [1.807, 2.05) is 18.7 Å². The van der Waals surface area contributed by atoms with Crippen molar-refractivity contribution in [3.8, 4) is 0 Å². The average molecular weight is 263 g/mol. The zero-order chi connectivity index (χ0) is 11.8. The van der Waals surface area contributed by atoms with Crippen molar-refractivity contribution in [3.05, 3.63) is 16.4 Å². The maximum Gasteiger partial charge on any atom is 0.0847 e. The Morgan fingerprint density at radius 1 is 1.56 bits per heavy atom. The van der Waals surface area contributed by atoms with Gasteiger partial charge < -0.3 is 4.74 Å². The van der Waals surface area contributed by atoms with Crippen molar-refractivity contribution in [1.82, 2.24) is 9.78 Å². The number of aryl methyl sites for hydroxylation is 2. The molecule has 1 atom stereocenters. The van der Waals surface area contributed by atoms with Gasteiger partial charge in [-0.2, -0.15) is 5.10 Å². The predicted molar refractivity (Wildman–Crippen MR) is 65.2 cm³/mol. The van der Waals surface area contributed by atoms with E-state index in [1.165, 1.54) is 0 Å². The maximum atomic E-state index is 6.24. The zero-order valence-corrected chi connectivity index (χ0v) is 11.1. The Bertz CT molecular complexity index is 384. The number of hydrogen-bond acceptors (Lipinski definition) is 2. The van der Waals surface area contributed by atoms with E-state index >= 15 is 0 Å². The molecule has 1 saturated heterocycles. The Hall–Kier alpha value is -0.250. The lowest BCUT2D eigenvalue weighted by Crippen LogP contribution is -2.27. The molecule has 90 valence electrons. The molecule has 0 N–H and O–H groups in total. The van der Waals surface area contributed by atoms with E-state index in [4.69, 9.17) is 27.9 Å². The van der Waals surface area contributed by atoms with E-state index in [2.05, 4.69) is 5.10 Å². The van der Waals surface area contributed by atoms with Crippen molar-refractivity contribution >= 4 is 23.2 Å². The first kappa shape index (κ1) is 12.2. The highest BCUT2D eigenvalue weighted by atomic mass is 35.5. The largest absolute Gasteiger partial charge is 0.381 e. The monoisotopic (exact) mass is 262 g/mol. The number of nitrogens with zero attached hydrogens (tertiary/aromatic N) is 2. The molecule has 1 unspecified atom stereocenters. The van der Waals surface area contributed by atoms with Crippen molar-refractivity contribution in [2.24, 2.45) is 12.5 Å². The lowest BCUT2D eigenvalue weighted by atomic mass is 9.84. The van der Waals surface area contributed by atoms with E-state index in [-0.39, 0.29) is 5.41 Å². The fourth-order valence-electron chi connectivity index (χ4n) is 2.17. The van der Waals surface area contributed by atoms with Crippen LogP contribution in [0, 0.1) is 12.3 Å². The Labute approximate surface area is 106 Å². The summed E-state index contributed by atoms with van der Waals surface area (Å²) in [5.41, 5.74) is 1.97. The Kier molecular flexibility index (Phi) is 3.48. The molecule has 0 radical (unpaired) electrons. The first-order valence-corrected chi connectivity index (χ1v) is 6.31. The molecule has 0 bridgehead atoms. The van der Waals surface area contributed by atoms with Crippen molar-refractivity contribution in [2.45, 2.75) is 19.8 Å². The van der Waals surface area contributed by atoms with Crippen LogP contribution in [0.3, 0.4) is 0 Å². The lowest BCUT2D eigenvalue weighted by Gasteiger charge is -2.24. The minimum atomic E-state index is 0.0332. The van der Waals surface area contributed by atoms with E-state index in [0.717, 1.165) is 42.5 Å². The summed E-state index contributed by atoms with van der Waals surface area (Å²) in [5.74, 6) is 0.605. The van der Waals surface area contributed by atoms with Crippen LogP contribution in [0.5, 0.6) is 0 Å². The molecule has 0 aromatic carbocycles. The third-order valence-electron chi connectivity index (χ3n) is 3.27. The molecule has 16 heavy (non-hydrogen) atoms. The summed E-state index contributed by atoms with van der Waals surface area (Å²) < 4.78 is 7.30. The Morgan fingerprint density at radius 3 is 2.75 bits per heavy atom. The number of ether oxygens (including phenoxy) is 1. The fourth-order valence-corrected chi connectivity index (χ4v) is 2.70. The van der Waals surface area contributed by atoms with Gasteiger partial charge in [-0.3, -0.25) is 4.68 Å². The second kappa shape index (κ2) is 4.55. The summed E-state index contributed by atoms with van der Waals surface area (Å²) in [6, 6.07) is 0. The maximum absolute atomic E-state index is 6.24. The van der Waals surface area contributed by atoms with Crippen LogP contribution in [-0.4, -0.2) is 28.9 Å². The van der Waals surface area contributed by atoms with Crippen LogP contribution in [-0.2, 0) is 18.2 Å². The Balaban J connectivity index is 2.25. The normalized spacial score (nSPS) is 25.2. The summed E-state index contributed by atoms with van der Waals surface area (Å²) >= 11 is 12.3. The third kappa shape index (κ3) is 2.08. The number of aromatic nitrogens is 2. The molecule has 5 heteroatoms. The van der Waals surface area contributed by atoms with Crippen molar-refractivity contribution in [3.63, 3.8) is 0 Å². The van der Waals surface area contributed by atoms with Crippen LogP contribution in [0.2, 0.25) is 5.02 Å². The summed E-state index contributed by atoms with van der Waals surface area (Å²) in [4.78, 5) is 0. The van der Waals surface area contributed by atoms with Gasteiger partial charge >= 0.3 is 0 Å². The molecule has 3 nitrogen and oxygen atoms in total. The molecular formula is C11H16Cl2N2O. The van der Waals surface area contributed by atoms with Gasteiger partial charge in [0.25, 0.3) is 0 Å². The highest BCUT2D eigenvalue weighted by molar-refractivity contribution is 6.31. The van der Waals surface area contributed by atoms with Crippen LogP contribution < -0.4 is 0 Å². The summed E-state index contributed by atoms with van der Waals surface area (Å²) in [6.45, 7) is 3.43. The first-order valence-electron chi connectivity index (χ1n) is 5.40. The summed E-state index contributed by atoms with van der Waals surface area (Å²) in [5, 5.41) is 5.08. The van der Waals surface area contributed by atoms with Gasteiger partial charge in [0.05, 0.1) is 23.0 Å². The highest BCUT2D eigenvalue weighted by Gasteiger charge is 2.36. The van der Waals surface area contributed by atoms with E-state index in [1.54, 1.807) is 0 Å². The molecular weight excluding hydrogens is 247 g/mol. The van der Waals surface area contributed by atoms with Gasteiger partial charge in [-0.15, -0.1) is 11.6 Å². The van der Waals surface area contributed by atoms with Crippen LogP contribution >= 0.6 is 23.2 Å². The molecule has 2 heterocycles. The van der Waals surface area contributed by atoms with E-state index in [9.17, 15) is 0 Å². The van der Waals surface area contributed by atoms with Gasteiger partial charge in [0.1, 0.15) is 0 Å². The van der Waals surface area contributed by atoms with Gasteiger partial charge in [-0.1, -0.05) is 11.6 Å². The predicted octanol–water partition coefficient (Wildman–Crippen LogP) is 2.57. The van der Waals surface area contributed by atoms with Gasteiger partial charge in [-0.05, 0) is 19.8 Å². The molecule has 0 saturated carbocycles. The summed E-state index contributed by atoms with van der Waals surface area (Å²) in [7, 11) is 1.92. The van der Waals surface area contributed by atoms with Gasteiger partial charge in [0.2, 0.25) is 0 Å². The number of rotatable bonds is 3. The average Bonchev–Trinajstić information content (AvgIpc) is 2.81. The van der Waals surface area contributed by atoms with Crippen molar-refractivity contribution in [1.29, 1.82) is 0 Å². The SMILES string of the molecule is Cc1nn(C)c(CC2(CCl)CCOC2)c1Cl. The van der Waals surface area contributed by atoms with E-state index in [0.29, 0.717) is 5.88 Å². The standard InChI is InChI=1S/C11H16Cl2N2O/c1-8-10(13)9(15(2)14-8)5-11(6-12)3-4-16-7-11/h3-7H2,1-2H3. The lowest BCUT2D eigenvalue weighted by molar-refractivity contribution is 0.160. The van der Waals surface area contributed by atoms with Crippen LogP contribution in [0.4, 0.5) is 0 Å². The topological polar surface area (TPSA) is 27.1 Å². The highest BCUT2D eigenvalue weighted by Crippen LogP contribution is 2.36. The third-order valence-corrected chi connectivity index (χ3v) is 4.33. The number of halogens is 2. The molecule has 0 amide bonds. The molecule has 0 aliphatic carbocycles. The molecule has 1 aromatic rings. The number of hydrogen-bond donors (Lipinski definition) is 0.